The van der Waals surface area contributed by atoms with Crippen LogP contribution < -0.4 is 4.74 Å². The molecular formula is C20H20FNO3S. The van der Waals surface area contributed by atoms with Gasteiger partial charge in [0.2, 0.25) is 0 Å². The van der Waals surface area contributed by atoms with E-state index in [-0.39, 0.29) is 29.2 Å². The predicted octanol–water partition coefficient (Wildman–Crippen LogP) is 4.17. The molecule has 3 atom stereocenters. The van der Waals surface area contributed by atoms with Crippen LogP contribution in [0.5, 0.6) is 5.75 Å². The molecule has 26 heavy (non-hydrogen) atoms. The molecule has 0 amide bonds. The molecule has 1 aromatic heterocycles. The predicted molar refractivity (Wildman–Crippen MR) is 97.0 cm³/mol. The maximum absolute atomic E-state index is 14.1. The smallest absolute Gasteiger partial charge is 0.165 e. The fraction of sp³-hybridized carbons (Fsp3) is 0.450. The molecule has 136 valence electrons. The molecule has 0 saturated heterocycles. The van der Waals surface area contributed by atoms with Gasteiger partial charge in [-0.15, -0.1) is 11.3 Å². The minimum atomic E-state index is -0.732. The molecular weight excluding hydrogens is 353 g/mol. The van der Waals surface area contributed by atoms with Crippen LogP contribution in [0.1, 0.15) is 42.7 Å². The van der Waals surface area contributed by atoms with Gasteiger partial charge < -0.3 is 4.74 Å². The molecule has 2 saturated carbocycles. The standard InChI is InChI=1S/C20H20FNO3S/c1-3-15-17(16-18(23)10-4-5-11(8-10)19(16)24)22-20(26-15)12-6-7-14(25-2)13(21)9-12/h6-7,9-11,16H,3-5,8H2,1-2H3/t10-,11+,16?. The van der Waals surface area contributed by atoms with Crippen molar-refractivity contribution in [1.29, 1.82) is 0 Å². The summed E-state index contributed by atoms with van der Waals surface area (Å²) in [6.07, 6.45) is 3.02. The molecule has 0 N–H and O–H groups in total. The van der Waals surface area contributed by atoms with Crippen LogP contribution in [0.25, 0.3) is 10.6 Å². The second-order valence-electron chi connectivity index (χ2n) is 6.97. The molecule has 2 bridgehead atoms. The summed E-state index contributed by atoms with van der Waals surface area (Å²) < 4.78 is 19.0. The first-order chi connectivity index (χ1) is 12.5. The number of halogens is 1. The number of fused-ring (bicyclic) bond motifs is 2. The number of benzene rings is 1. The van der Waals surface area contributed by atoms with Gasteiger partial charge in [-0.2, -0.15) is 0 Å². The van der Waals surface area contributed by atoms with Gasteiger partial charge in [-0.3, -0.25) is 9.59 Å². The highest BCUT2D eigenvalue weighted by atomic mass is 32.1. The van der Waals surface area contributed by atoms with Crippen LogP contribution in [0.4, 0.5) is 4.39 Å². The van der Waals surface area contributed by atoms with E-state index in [9.17, 15) is 14.0 Å². The Kier molecular flexibility index (Phi) is 4.39. The lowest BCUT2D eigenvalue weighted by atomic mass is 9.77. The number of aromatic nitrogens is 1. The van der Waals surface area contributed by atoms with Crippen molar-refractivity contribution >= 4 is 22.9 Å². The van der Waals surface area contributed by atoms with Gasteiger partial charge >= 0.3 is 0 Å². The Balaban J connectivity index is 1.75. The molecule has 2 aliphatic carbocycles. The molecule has 4 nitrogen and oxygen atoms in total. The summed E-state index contributed by atoms with van der Waals surface area (Å²) in [5.74, 6) is -0.971. The number of nitrogens with zero attached hydrogens (tertiary/aromatic N) is 1. The molecule has 0 radical (unpaired) electrons. The molecule has 1 unspecified atom stereocenters. The van der Waals surface area contributed by atoms with Crippen LogP contribution in [-0.4, -0.2) is 23.7 Å². The van der Waals surface area contributed by atoms with Crippen LogP contribution in [0.3, 0.4) is 0 Å². The summed E-state index contributed by atoms with van der Waals surface area (Å²) >= 11 is 1.43. The number of aryl methyl sites for hydroxylation is 1. The van der Waals surface area contributed by atoms with Crippen molar-refractivity contribution in [3.8, 4) is 16.3 Å². The number of Topliss-reactive ketones (excluding diaryl/α,β-unsaturated/α-hetero) is 2. The molecule has 2 aliphatic rings. The first-order valence-electron chi connectivity index (χ1n) is 8.94. The molecule has 6 heteroatoms. The van der Waals surface area contributed by atoms with Crippen molar-refractivity contribution in [2.45, 2.75) is 38.5 Å². The van der Waals surface area contributed by atoms with E-state index in [0.717, 1.165) is 17.7 Å². The lowest BCUT2D eigenvalue weighted by molar-refractivity contribution is -0.136. The van der Waals surface area contributed by atoms with Crippen molar-refractivity contribution in [1.82, 2.24) is 4.98 Å². The van der Waals surface area contributed by atoms with Crippen molar-refractivity contribution in [2.24, 2.45) is 11.8 Å². The third-order valence-corrected chi connectivity index (χ3v) is 6.79. The van der Waals surface area contributed by atoms with Crippen LogP contribution in [0.15, 0.2) is 18.2 Å². The number of ether oxygens (including phenoxy) is 1. The van der Waals surface area contributed by atoms with Gasteiger partial charge in [-0.25, -0.2) is 9.37 Å². The highest BCUT2D eigenvalue weighted by molar-refractivity contribution is 7.15. The van der Waals surface area contributed by atoms with Crippen molar-refractivity contribution < 1.29 is 18.7 Å². The zero-order chi connectivity index (χ0) is 18.4. The molecule has 4 rings (SSSR count). The van der Waals surface area contributed by atoms with Gasteiger partial charge in [-0.1, -0.05) is 6.92 Å². The molecule has 2 aromatic rings. The number of hydrogen-bond acceptors (Lipinski definition) is 5. The third kappa shape index (κ3) is 2.67. The fourth-order valence-corrected chi connectivity index (χ4v) is 5.18. The average Bonchev–Trinajstić information content (AvgIpc) is 3.26. The molecule has 0 spiro atoms. The van der Waals surface area contributed by atoms with Gasteiger partial charge in [0.1, 0.15) is 10.9 Å². The van der Waals surface area contributed by atoms with Gasteiger partial charge in [0.25, 0.3) is 0 Å². The minimum Gasteiger partial charge on any atom is -0.494 e. The monoisotopic (exact) mass is 373 g/mol. The quantitative estimate of drug-likeness (QED) is 0.755. The van der Waals surface area contributed by atoms with Crippen LogP contribution in [-0.2, 0) is 16.0 Å². The van der Waals surface area contributed by atoms with E-state index >= 15 is 0 Å². The normalized spacial score (nSPS) is 25.0. The number of thiazole rings is 1. The lowest BCUT2D eigenvalue weighted by Gasteiger charge is -2.24. The number of ketones is 2. The summed E-state index contributed by atoms with van der Waals surface area (Å²) in [5, 5.41) is 0.636. The van der Waals surface area contributed by atoms with Gasteiger partial charge in [0, 0.05) is 22.3 Å². The Morgan fingerprint density at radius 2 is 1.92 bits per heavy atom. The van der Waals surface area contributed by atoms with E-state index in [0.29, 0.717) is 29.1 Å². The molecule has 2 fully saturated rings. The third-order valence-electron chi connectivity index (χ3n) is 5.53. The molecule has 1 heterocycles. The Morgan fingerprint density at radius 1 is 1.23 bits per heavy atom. The average molecular weight is 373 g/mol. The van der Waals surface area contributed by atoms with E-state index in [1.807, 2.05) is 6.92 Å². The van der Waals surface area contributed by atoms with Crippen LogP contribution in [0.2, 0.25) is 0 Å². The summed E-state index contributed by atoms with van der Waals surface area (Å²) in [6.45, 7) is 1.99. The second-order valence-corrected chi connectivity index (χ2v) is 8.06. The summed E-state index contributed by atoms with van der Waals surface area (Å²) in [6, 6.07) is 4.70. The number of rotatable bonds is 4. The zero-order valence-corrected chi connectivity index (χ0v) is 15.6. The van der Waals surface area contributed by atoms with Gasteiger partial charge in [0.15, 0.2) is 23.1 Å². The Labute approximate surface area is 155 Å². The maximum Gasteiger partial charge on any atom is 0.165 e. The number of carbonyl (C=O) groups is 2. The summed E-state index contributed by atoms with van der Waals surface area (Å²) in [7, 11) is 1.42. The SMILES string of the molecule is CCc1sc(-c2ccc(OC)c(F)c2)nc1C1C(=O)[C@@H]2CC[C@@H](C2)C1=O. The Bertz CT molecular complexity index is 869. The van der Waals surface area contributed by atoms with Crippen LogP contribution in [0, 0.1) is 17.7 Å². The van der Waals surface area contributed by atoms with Crippen molar-refractivity contribution in [3.05, 3.63) is 34.6 Å². The van der Waals surface area contributed by atoms with E-state index in [1.165, 1.54) is 24.5 Å². The number of hydrogen-bond donors (Lipinski definition) is 0. The van der Waals surface area contributed by atoms with Gasteiger partial charge in [-0.05, 0) is 43.9 Å². The first-order valence-corrected chi connectivity index (χ1v) is 9.76. The van der Waals surface area contributed by atoms with E-state index < -0.39 is 11.7 Å². The van der Waals surface area contributed by atoms with E-state index in [4.69, 9.17) is 4.74 Å². The van der Waals surface area contributed by atoms with E-state index in [2.05, 4.69) is 4.98 Å². The Morgan fingerprint density at radius 3 is 2.50 bits per heavy atom. The first kappa shape index (κ1) is 17.3. The fourth-order valence-electron chi connectivity index (χ4n) is 4.14. The number of methoxy groups -OCH3 is 1. The largest absolute Gasteiger partial charge is 0.494 e. The lowest BCUT2D eigenvalue weighted by Crippen LogP contribution is -2.35. The van der Waals surface area contributed by atoms with Crippen molar-refractivity contribution in [3.63, 3.8) is 0 Å². The molecule has 1 aromatic carbocycles. The maximum atomic E-state index is 14.1. The van der Waals surface area contributed by atoms with E-state index in [1.54, 1.807) is 12.1 Å². The molecule has 0 aliphatic heterocycles. The van der Waals surface area contributed by atoms with Crippen molar-refractivity contribution in [2.75, 3.05) is 7.11 Å². The zero-order valence-electron chi connectivity index (χ0n) is 14.8. The highest BCUT2D eigenvalue weighted by Crippen LogP contribution is 2.45. The number of carbonyl (C=O) groups excluding carboxylic acids is 2. The minimum absolute atomic E-state index is 0.00372. The van der Waals surface area contributed by atoms with Crippen LogP contribution >= 0.6 is 11.3 Å². The topological polar surface area (TPSA) is 56.3 Å². The summed E-state index contributed by atoms with van der Waals surface area (Å²) in [4.78, 5) is 31.2. The second kappa shape index (κ2) is 6.58. The summed E-state index contributed by atoms with van der Waals surface area (Å²) in [5.41, 5.74) is 1.23. The Hall–Kier alpha value is -2.08. The van der Waals surface area contributed by atoms with Gasteiger partial charge in [0.05, 0.1) is 12.8 Å². The highest BCUT2D eigenvalue weighted by Gasteiger charge is 2.48.